The molecular formula is C31H39N5O6S. The van der Waals surface area contributed by atoms with Gasteiger partial charge in [0.05, 0.1) is 18.6 Å². The summed E-state index contributed by atoms with van der Waals surface area (Å²) in [6.45, 7) is 11.7. The Bertz CT molecular complexity index is 1440. The minimum atomic E-state index is -1.70. The van der Waals surface area contributed by atoms with Gasteiger partial charge in [0.1, 0.15) is 6.61 Å². The molecule has 0 fully saturated rings. The van der Waals surface area contributed by atoms with Crippen molar-refractivity contribution in [2.24, 2.45) is 4.99 Å². The average Bonchev–Trinajstić information content (AvgIpc) is 3.01. The fourth-order valence-corrected chi connectivity index (χ4v) is 4.57. The predicted molar refractivity (Wildman–Crippen MR) is 165 cm³/mol. The zero-order valence-corrected chi connectivity index (χ0v) is 26.4. The van der Waals surface area contributed by atoms with E-state index in [1.807, 2.05) is 44.2 Å². The quantitative estimate of drug-likeness (QED) is 0.236. The van der Waals surface area contributed by atoms with E-state index in [0.717, 1.165) is 5.56 Å². The van der Waals surface area contributed by atoms with Crippen molar-refractivity contribution in [3.8, 4) is 11.5 Å². The Kier molecular flexibility index (Phi) is 12.2. The van der Waals surface area contributed by atoms with Crippen LogP contribution in [0.5, 0.6) is 11.5 Å². The van der Waals surface area contributed by atoms with Crippen LogP contribution in [0.3, 0.4) is 0 Å². The molecule has 4 rings (SSSR count). The highest BCUT2D eigenvalue weighted by atomic mass is 32.2. The van der Waals surface area contributed by atoms with Crippen molar-refractivity contribution in [2.75, 3.05) is 20.3 Å². The van der Waals surface area contributed by atoms with Crippen LogP contribution in [0, 0.1) is 0 Å². The van der Waals surface area contributed by atoms with Crippen molar-refractivity contribution < 1.29 is 28.0 Å². The standard InChI is InChI=1S/C29H33N5O6S.C2H6/c1-19(35)38-17-18-39-28-24(40-23-10-7-6-9-22(23)37-5)25(32-27(33-28)26-30-15-8-16-31-26)34-41(36)21-13-11-20(12-14-21)29(2,3)4;1-2/h6-16,28,34H,17-18H2,1-5H3,(H,32,33);1-2H3. The first kappa shape index (κ1) is 33.2. The van der Waals surface area contributed by atoms with E-state index in [4.69, 9.17) is 18.9 Å². The van der Waals surface area contributed by atoms with Crippen molar-refractivity contribution in [1.82, 2.24) is 20.0 Å². The van der Waals surface area contributed by atoms with Crippen molar-refractivity contribution in [3.63, 3.8) is 0 Å². The number of carbonyl (C=O) groups excluding carboxylic acids is 1. The number of amidine groups is 1. The number of methoxy groups -OCH3 is 1. The lowest BCUT2D eigenvalue weighted by molar-refractivity contribution is -0.143. The molecule has 0 saturated heterocycles. The molecule has 3 aromatic rings. The Labute approximate surface area is 255 Å². The maximum Gasteiger partial charge on any atom is 0.302 e. The highest BCUT2D eigenvalue weighted by molar-refractivity contribution is 7.83. The van der Waals surface area contributed by atoms with E-state index in [1.165, 1.54) is 14.0 Å². The summed E-state index contributed by atoms with van der Waals surface area (Å²) in [7, 11) is -0.175. The fraction of sp³-hybridized carbons (Fsp3) is 0.355. The maximum atomic E-state index is 13.6. The molecule has 43 heavy (non-hydrogen) atoms. The minimum absolute atomic E-state index is 0.00269. The number of aromatic nitrogens is 2. The van der Waals surface area contributed by atoms with Gasteiger partial charge in [-0.2, -0.15) is 0 Å². The second kappa shape index (κ2) is 15.8. The third-order valence-corrected chi connectivity index (χ3v) is 6.91. The summed E-state index contributed by atoms with van der Waals surface area (Å²) in [5, 5.41) is 3.12. The van der Waals surface area contributed by atoms with E-state index < -0.39 is 23.2 Å². The molecule has 2 heterocycles. The second-order valence-electron chi connectivity index (χ2n) is 9.88. The summed E-state index contributed by atoms with van der Waals surface area (Å²) < 4.78 is 39.3. The number of benzene rings is 2. The predicted octanol–water partition coefficient (Wildman–Crippen LogP) is 4.63. The maximum absolute atomic E-state index is 13.6. The molecule has 11 nitrogen and oxygen atoms in total. The molecule has 2 unspecified atom stereocenters. The molecule has 0 radical (unpaired) electrons. The number of ether oxygens (including phenoxy) is 4. The molecule has 2 N–H and O–H groups in total. The molecule has 0 aliphatic carbocycles. The molecule has 2 atom stereocenters. The molecule has 1 aliphatic rings. The number of rotatable bonds is 11. The van der Waals surface area contributed by atoms with Crippen LogP contribution in [0.15, 0.2) is 88.5 Å². The Morgan fingerprint density at radius 1 is 0.977 bits per heavy atom. The molecule has 0 amide bonds. The molecule has 0 saturated carbocycles. The van der Waals surface area contributed by atoms with E-state index in [9.17, 15) is 9.00 Å². The molecule has 12 heteroatoms. The molecule has 0 bridgehead atoms. The van der Waals surface area contributed by atoms with Crippen LogP contribution in [0.1, 0.15) is 52.9 Å². The summed E-state index contributed by atoms with van der Waals surface area (Å²) in [5.74, 6) is 1.38. The monoisotopic (exact) mass is 609 g/mol. The van der Waals surface area contributed by atoms with Crippen molar-refractivity contribution in [2.45, 2.75) is 58.1 Å². The van der Waals surface area contributed by atoms with Gasteiger partial charge in [-0.3, -0.25) is 9.52 Å². The van der Waals surface area contributed by atoms with Gasteiger partial charge >= 0.3 is 5.97 Å². The Hall–Kier alpha value is -4.29. The number of nitrogens with one attached hydrogen (secondary N) is 2. The van der Waals surface area contributed by atoms with Gasteiger partial charge < -0.3 is 24.3 Å². The number of para-hydroxylation sites is 2. The number of hydrogen-bond donors (Lipinski definition) is 2. The summed E-state index contributed by atoms with van der Waals surface area (Å²) in [6.07, 6.45) is 2.11. The molecule has 2 aromatic carbocycles. The van der Waals surface area contributed by atoms with Crippen molar-refractivity contribution in [3.05, 3.63) is 90.0 Å². The smallest absolute Gasteiger partial charge is 0.302 e. The lowest BCUT2D eigenvalue weighted by Crippen LogP contribution is -2.43. The van der Waals surface area contributed by atoms with Gasteiger partial charge in [0.25, 0.3) is 0 Å². The van der Waals surface area contributed by atoms with Crippen LogP contribution < -0.4 is 19.5 Å². The van der Waals surface area contributed by atoms with Gasteiger partial charge in [-0.15, -0.1) is 0 Å². The van der Waals surface area contributed by atoms with Gasteiger partial charge in [0, 0.05) is 19.3 Å². The normalized spacial score (nSPS) is 15.2. The number of nitrogens with zero attached hydrogens (tertiary/aromatic N) is 3. The Balaban J connectivity index is 0.00000248. The molecular weight excluding hydrogens is 570 g/mol. The van der Waals surface area contributed by atoms with E-state index in [-0.39, 0.29) is 41.9 Å². The van der Waals surface area contributed by atoms with Crippen molar-refractivity contribution in [1.29, 1.82) is 0 Å². The first-order chi connectivity index (χ1) is 20.7. The first-order valence-electron chi connectivity index (χ1n) is 13.9. The van der Waals surface area contributed by atoms with E-state index in [0.29, 0.717) is 16.4 Å². The number of aliphatic imine (C=N–C) groups is 1. The van der Waals surface area contributed by atoms with Gasteiger partial charge in [0.15, 0.2) is 45.7 Å². The zero-order valence-electron chi connectivity index (χ0n) is 25.5. The zero-order chi connectivity index (χ0) is 31.4. The SMILES string of the molecule is CC.COc1ccccc1OC1=C(NS(=O)c2ccc(C(C)(C)C)cc2)NC(c2ncccn2)=NC1OCCOC(C)=O. The van der Waals surface area contributed by atoms with Gasteiger partial charge in [-0.1, -0.05) is 58.9 Å². The van der Waals surface area contributed by atoms with Gasteiger partial charge in [0.2, 0.25) is 6.23 Å². The van der Waals surface area contributed by atoms with Gasteiger partial charge in [-0.05, 0) is 41.3 Å². The van der Waals surface area contributed by atoms with Crippen LogP contribution in [-0.4, -0.2) is 52.5 Å². The molecule has 1 aromatic heterocycles. The third kappa shape index (κ3) is 9.35. The molecule has 0 spiro atoms. The van der Waals surface area contributed by atoms with Crippen molar-refractivity contribution >= 4 is 22.8 Å². The number of esters is 1. The second-order valence-corrected chi connectivity index (χ2v) is 11.1. The first-order valence-corrected chi connectivity index (χ1v) is 15.0. The van der Waals surface area contributed by atoms with Crippen LogP contribution in [0.4, 0.5) is 0 Å². The van der Waals surface area contributed by atoms with E-state index in [2.05, 4.69) is 45.8 Å². The minimum Gasteiger partial charge on any atom is -0.493 e. The average molecular weight is 610 g/mol. The lowest BCUT2D eigenvalue weighted by Gasteiger charge is -2.28. The Morgan fingerprint density at radius 3 is 2.23 bits per heavy atom. The number of hydrogen-bond acceptors (Lipinski definition) is 10. The summed E-state index contributed by atoms with van der Waals surface area (Å²) in [6, 6.07) is 16.3. The van der Waals surface area contributed by atoms with Gasteiger partial charge in [-0.25, -0.2) is 19.2 Å². The largest absolute Gasteiger partial charge is 0.493 e. The van der Waals surface area contributed by atoms with Crippen LogP contribution in [0.2, 0.25) is 0 Å². The molecule has 230 valence electrons. The summed E-state index contributed by atoms with van der Waals surface area (Å²) >= 11 is 0. The lowest BCUT2D eigenvalue weighted by atomic mass is 9.87. The third-order valence-electron chi connectivity index (χ3n) is 5.82. The van der Waals surface area contributed by atoms with E-state index >= 15 is 0 Å². The number of carbonyl (C=O) groups is 1. The van der Waals surface area contributed by atoms with Crippen LogP contribution in [-0.2, 0) is 30.7 Å². The summed E-state index contributed by atoms with van der Waals surface area (Å²) in [4.78, 5) is 25.0. The molecule has 1 aliphatic heterocycles. The topological polar surface area (TPSA) is 133 Å². The van der Waals surface area contributed by atoms with E-state index in [1.54, 1.807) is 36.7 Å². The van der Waals surface area contributed by atoms with Crippen LogP contribution in [0.25, 0.3) is 0 Å². The highest BCUT2D eigenvalue weighted by Gasteiger charge is 2.31. The fourth-order valence-electron chi connectivity index (χ4n) is 3.73. The van der Waals surface area contributed by atoms with Crippen LogP contribution >= 0.6 is 0 Å². The summed E-state index contributed by atoms with van der Waals surface area (Å²) in [5.41, 5.74) is 1.07. The Morgan fingerprint density at radius 2 is 1.63 bits per heavy atom. The highest BCUT2D eigenvalue weighted by Crippen LogP contribution is 2.31.